The predicted molar refractivity (Wildman–Crippen MR) is 250 cm³/mol. The van der Waals surface area contributed by atoms with Gasteiger partial charge in [0.05, 0.1) is 16.9 Å². The average molecular weight is 784 g/mol. The Labute approximate surface area is 349 Å². The number of para-hydroxylation sites is 1. The van der Waals surface area contributed by atoms with Gasteiger partial charge in [-0.2, -0.15) is 0 Å². The van der Waals surface area contributed by atoms with Crippen molar-refractivity contribution >= 4 is 64.4 Å². The summed E-state index contributed by atoms with van der Waals surface area (Å²) in [7, 11) is 0. The van der Waals surface area contributed by atoms with Crippen LogP contribution in [0.15, 0.2) is 205 Å². The molecule has 0 N–H and O–H groups in total. The first-order valence-electron chi connectivity index (χ1n) is 20.1. The first-order chi connectivity index (χ1) is 29.7. The molecule has 8 aromatic carbocycles. The number of rotatable bonds is 6. The number of furan rings is 1. The molecule has 280 valence electrons. The summed E-state index contributed by atoms with van der Waals surface area (Å²) in [5.41, 5.74) is 13.7. The zero-order chi connectivity index (χ0) is 39.6. The van der Waals surface area contributed by atoms with Gasteiger partial charge in [-0.3, -0.25) is 0 Å². The fraction of sp³-hybridized carbons (Fsp3) is 0. The van der Waals surface area contributed by atoms with E-state index in [1.54, 1.807) is 0 Å². The molecule has 4 aromatic heterocycles. The average Bonchev–Trinajstić information content (AvgIpc) is 3.91. The Bertz CT molecular complexity index is 3590. The second-order valence-corrected chi connectivity index (χ2v) is 16.1. The quantitative estimate of drug-likeness (QED) is 0.169. The molecule has 0 unspecified atom stereocenters. The zero-order valence-corrected chi connectivity index (χ0v) is 33.0. The monoisotopic (exact) mass is 783 g/mol. The molecule has 0 radical (unpaired) electrons. The second-order valence-electron chi connectivity index (χ2n) is 15.1. The molecule has 0 fully saturated rings. The van der Waals surface area contributed by atoms with E-state index in [1.165, 1.54) is 25.7 Å². The van der Waals surface area contributed by atoms with Gasteiger partial charge in [0.15, 0.2) is 11.4 Å². The lowest BCUT2D eigenvalue weighted by molar-refractivity contribution is 0.669. The summed E-state index contributed by atoms with van der Waals surface area (Å²) in [4.78, 5) is 15.7. The third kappa shape index (κ3) is 5.70. The molecule has 0 bridgehead atoms. The van der Waals surface area contributed by atoms with Crippen molar-refractivity contribution in [2.24, 2.45) is 0 Å². The van der Waals surface area contributed by atoms with Crippen LogP contribution in [0.1, 0.15) is 0 Å². The first-order valence-corrected chi connectivity index (χ1v) is 20.9. The van der Waals surface area contributed by atoms with Gasteiger partial charge in [0.25, 0.3) is 0 Å². The van der Waals surface area contributed by atoms with Crippen molar-refractivity contribution in [2.45, 2.75) is 0 Å². The molecular weight excluding hydrogens is 751 g/mol. The van der Waals surface area contributed by atoms with E-state index in [4.69, 9.17) is 19.4 Å². The standard InChI is InChI=1S/C55H33N3OS/c1-3-14-34(15-4-1)40-22-13-25-45-50(40)51-44-21-7-9-26-48(44)59-53(51)52(56-45)36-30-28-35(29-31-36)46-33-47(58-55(57-46)37-16-5-2-6-17-37)39-19-11-18-38(32-39)41-23-12-24-43-42-20-8-10-27-49(42)60-54(41)43/h1-33H. The molecule has 60 heavy (non-hydrogen) atoms. The second kappa shape index (κ2) is 14.0. The smallest absolute Gasteiger partial charge is 0.162 e. The number of pyridine rings is 1. The van der Waals surface area contributed by atoms with E-state index in [9.17, 15) is 0 Å². The summed E-state index contributed by atoms with van der Waals surface area (Å²) in [5.74, 6) is 0.679. The van der Waals surface area contributed by atoms with Crippen LogP contribution in [0.2, 0.25) is 0 Å². The number of benzene rings is 8. The maximum Gasteiger partial charge on any atom is 0.162 e. The normalized spacial score (nSPS) is 11.7. The van der Waals surface area contributed by atoms with Crippen LogP contribution in [0, 0.1) is 0 Å². The first kappa shape index (κ1) is 34.3. The van der Waals surface area contributed by atoms with Gasteiger partial charge in [-0.05, 0) is 52.6 Å². The molecule has 0 aliphatic carbocycles. The van der Waals surface area contributed by atoms with Gasteiger partial charge in [0.1, 0.15) is 11.3 Å². The van der Waals surface area contributed by atoms with E-state index in [2.05, 4.69) is 170 Å². The van der Waals surface area contributed by atoms with Gasteiger partial charge in [0, 0.05) is 58.6 Å². The molecule has 0 saturated carbocycles. The third-order valence-electron chi connectivity index (χ3n) is 11.5. The fourth-order valence-electron chi connectivity index (χ4n) is 8.66. The fourth-order valence-corrected chi connectivity index (χ4v) is 9.90. The van der Waals surface area contributed by atoms with E-state index >= 15 is 0 Å². The Balaban J connectivity index is 0.985. The topological polar surface area (TPSA) is 51.8 Å². The summed E-state index contributed by atoms with van der Waals surface area (Å²) in [6.45, 7) is 0. The number of aromatic nitrogens is 3. The van der Waals surface area contributed by atoms with Crippen molar-refractivity contribution in [1.82, 2.24) is 15.0 Å². The van der Waals surface area contributed by atoms with Crippen molar-refractivity contribution in [1.29, 1.82) is 0 Å². The van der Waals surface area contributed by atoms with Crippen LogP contribution in [-0.4, -0.2) is 15.0 Å². The van der Waals surface area contributed by atoms with E-state index in [1.807, 2.05) is 41.7 Å². The van der Waals surface area contributed by atoms with Crippen LogP contribution in [0.3, 0.4) is 0 Å². The maximum absolute atomic E-state index is 6.68. The van der Waals surface area contributed by atoms with E-state index in [0.29, 0.717) is 5.82 Å². The van der Waals surface area contributed by atoms with Gasteiger partial charge in [-0.1, -0.05) is 170 Å². The highest BCUT2D eigenvalue weighted by Gasteiger charge is 2.21. The minimum Gasteiger partial charge on any atom is -0.454 e. The molecular formula is C55H33N3OS. The van der Waals surface area contributed by atoms with Crippen molar-refractivity contribution in [3.8, 4) is 67.4 Å². The molecule has 0 aliphatic heterocycles. The highest BCUT2D eigenvalue weighted by atomic mass is 32.1. The number of nitrogens with zero attached hydrogens (tertiary/aromatic N) is 3. The Morgan fingerprint density at radius 1 is 0.383 bits per heavy atom. The predicted octanol–water partition coefficient (Wildman–Crippen LogP) is 15.3. The molecule has 0 atom stereocenters. The summed E-state index contributed by atoms with van der Waals surface area (Å²) in [6.07, 6.45) is 0. The molecule has 0 spiro atoms. The molecule has 5 heteroatoms. The highest BCUT2D eigenvalue weighted by Crippen LogP contribution is 2.44. The van der Waals surface area contributed by atoms with E-state index in [0.717, 1.165) is 88.9 Å². The van der Waals surface area contributed by atoms with Crippen LogP contribution >= 0.6 is 11.3 Å². The van der Waals surface area contributed by atoms with E-state index < -0.39 is 0 Å². The zero-order valence-electron chi connectivity index (χ0n) is 32.2. The maximum atomic E-state index is 6.68. The van der Waals surface area contributed by atoms with Gasteiger partial charge >= 0.3 is 0 Å². The summed E-state index contributed by atoms with van der Waals surface area (Å²) < 4.78 is 9.27. The van der Waals surface area contributed by atoms with E-state index in [-0.39, 0.29) is 0 Å². The Morgan fingerprint density at radius 2 is 1.00 bits per heavy atom. The number of hydrogen-bond donors (Lipinski definition) is 0. The van der Waals surface area contributed by atoms with Crippen LogP contribution in [-0.2, 0) is 0 Å². The summed E-state index contributed by atoms with van der Waals surface area (Å²) in [5, 5.41) is 5.83. The van der Waals surface area contributed by atoms with Gasteiger partial charge in [-0.15, -0.1) is 11.3 Å². The lowest BCUT2D eigenvalue weighted by Crippen LogP contribution is -1.96. The lowest BCUT2D eigenvalue weighted by Gasteiger charge is -2.12. The van der Waals surface area contributed by atoms with Crippen molar-refractivity contribution in [3.05, 3.63) is 200 Å². The molecule has 12 rings (SSSR count). The Hall–Kier alpha value is -7.73. The van der Waals surface area contributed by atoms with Gasteiger partial charge < -0.3 is 4.42 Å². The largest absolute Gasteiger partial charge is 0.454 e. The lowest BCUT2D eigenvalue weighted by atomic mass is 9.95. The third-order valence-corrected chi connectivity index (χ3v) is 12.7. The van der Waals surface area contributed by atoms with Crippen molar-refractivity contribution in [2.75, 3.05) is 0 Å². The van der Waals surface area contributed by atoms with Gasteiger partial charge in [-0.25, -0.2) is 15.0 Å². The molecule has 0 aliphatic rings. The Morgan fingerprint density at radius 3 is 1.83 bits per heavy atom. The number of fused-ring (bicyclic) bond motifs is 8. The van der Waals surface area contributed by atoms with Crippen molar-refractivity contribution in [3.63, 3.8) is 0 Å². The highest BCUT2D eigenvalue weighted by molar-refractivity contribution is 7.26. The van der Waals surface area contributed by atoms with Crippen LogP contribution in [0.25, 0.3) is 120 Å². The molecule has 0 amide bonds. The van der Waals surface area contributed by atoms with Crippen LogP contribution in [0.4, 0.5) is 0 Å². The van der Waals surface area contributed by atoms with Crippen LogP contribution in [0.5, 0.6) is 0 Å². The molecule has 4 nitrogen and oxygen atoms in total. The summed E-state index contributed by atoms with van der Waals surface area (Å²) in [6, 6.07) is 70.0. The Kier molecular flexibility index (Phi) is 8.00. The molecule has 4 heterocycles. The minimum absolute atomic E-state index is 0.679. The molecule has 0 saturated heterocycles. The summed E-state index contributed by atoms with van der Waals surface area (Å²) >= 11 is 1.85. The number of hydrogen-bond acceptors (Lipinski definition) is 5. The van der Waals surface area contributed by atoms with Crippen LogP contribution < -0.4 is 0 Å². The van der Waals surface area contributed by atoms with Crippen molar-refractivity contribution < 1.29 is 4.42 Å². The number of thiophene rings is 1. The molecule has 12 aromatic rings. The van der Waals surface area contributed by atoms with Gasteiger partial charge in [0.2, 0.25) is 0 Å². The minimum atomic E-state index is 0.679. The SMILES string of the molecule is c1ccc(-c2nc(-c3ccc(-c4nc5cccc(-c6ccccc6)c5c5c4oc4ccccc45)cc3)cc(-c3cccc(-c4cccc5c4sc4ccccc45)c3)n2)cc1.